The molecule has 0 radical (unpaired) electrons. The Labute approximate surface area is 134 Å². The number of ketones is 1. The standard InChI is InChI=1S/C15H10ClNO2S2/c16-13-9-4-1-2-5-11(9)21-14(13)10(18)8-17-15(19)12-6-3-7-20-12/h1-7H,8H2,(H,17,19). The van der Waals surface area contributed by atoms with E-state index in [1.807, 2.05) is 29.6 Å². The molecule has 1 amide bonds. The first-order valence-corrected chi connectivity index (χ1v) is 8.26. The van der Waals surface area contributed by atoms with Crippen molar-refractivity contribution in [1.82, 2.24) is 5.32 Å². The highest BCUT2D eigenvalue weighted by Gasteiger charge is 2.17. The summed E-state index contributed by atoms with van der Waals surface area (Å²) in [6.45, 7) is -0.0523. The zero-order chi connectivity index (χ0) is 14.8. The van der Waals surface area contributed by atoms with Crippen molar-refractivity contribution in [3.05, 3.63) is 56.6 Å². The van der Waals surface area contributed by atoms with E-state index in [4.69, 9.17) is 11.6 Å². The van der Waals surface area contributed by atoms with E-state index in [0.29, 0.717) is 14.8 Å². The number of carbonyl (C=O) groups is 2. The molecule has 3 aromatic rings. The molecule has 106 valence electrons. The number of Topliss-reactive ketones (excluding diaryl/α,β-unsaturated/α-hetero) is 1. The number of rotatable bonds is 4. The molecule has 0 fully saturated rings. The molecule has 0 aliphatic rings. The van der Waals surface area contributed by atoms with E-state index in [-0.39, 0.29) is 18.2 Å². The van der Waals surface area contributed by atoms with Gasteiger partial charge in [0, 0.05) is 10.1 Å². The number of halogens is 1. The summed E-state index contributed by atoms with van der Waals surface area (Å²) < 4.78 is 0.968. The van der Waals surface area contributed by atoms with Crippen molar-refractivity contribution < 1.29 is 9.59 Å². The summed E-state index contributed by atoms with van der Waals surface area (Å²) in [5.74, 6) is -0.415. The molecule has 6 heteroatoms. The third kappa shape index (κ3) is 2.85. The van der Waals surface area contributed by atoms with Crippen LogP contribution in [-0.4, -0.2) is 18.2 Å². The van der Waals surface area contributed by atoms with Crippen molar-refractivity contribution in [3.63, 3.8) is 0 Å². The van der Waals surface area contributed by atoms with E-state index in [1.54, 1.807) is 12.1 Å². The summed E-state index contributed by atoms with van der Waals surface area (Å²) in [5, 5.41) is 5.78. The lowest BCUT2D eigenvalue weighted by atomic mass is 10.2. The smallest absolute Gasteiger partial charge is 0.261 e. The lowest BCUT2D eigenvalue weighted by molar-refractivity contribution is 0.0908. The Hall–Kier alpha value is -1.69. The highest BCUT2D eigenvalue weighted by molar-refractivity contribution is 7.21. The Bertz CT molecular complexity index is 808. The van der Waals surface area contributed by atoms with Gasteiger partial charge in [0.05, 0.1) is 21.3 Å². The van der Waals surface area contributed by atoms with Gasteiger partial charge >= 0.3 is 0 Å². The number of benzene rings is 1. The number of fused-ring (bicyclic) bond motifs is 1. The van der Waals surface area contributed by atoms with Crippen LogP contribution in [-0.2, 0) is 0 Å². The van der Waals surface area contributed by atoms with Crippen LogP contribution in [0.2, 0.25) is 5.02 Å². The monoisotopic (exact) mass is 335 g/mol. The summed E-state index contributed by atoms with van der Waals surface area (Å²) in [4.78, 5) is 25.1. The number of nitrogens with one attached hydrogen (secondary N) is 1. The molecule has 21 heavy (non-hydrogen) atoms. The van der Waals surface area contributed by atoms with E-state index in [1.165, 1.54) is 22.7 Å². The SMILES string of the molecule is O=C(NCC(=O)c1sc2ccccc2c1Cl)c1cccs1. The van der Waals surface area contributed by atoms with E-state index in [9.17, 15) is 9.59 Å². The summed E-state index contributed by atoms with van der Waals surface area (Å²) >= 11 is 8.94. The van der Waals surface area contributed by atoms with Crippen LogP contribution in [0.5, 0.6) is 0 Å². The van der Waals surface area contributed by atoms with Crippen LogP contribution in [0, 0.1) is 0 Å². The fourth-order valence-corrected chi connectivity index (χ4v) is 4.04. The number of carbonyl (C=O) groups excluding carboxylic acids is 2. The molecule has 1 N–H and O–H groups in total. The van der Waals surface area contributed by atoms with Gasteiger partial charge in [-0.25, -0.2) is 0 Å². The molecule has 0 aliphatic carbocycles. The topological polar surface area (TPSA) is 46.2 Å². The molecular formula is C15H10ClNO2S2. The Morgan fingerprint density at radius 3 is 2.67 bits per heavy atom. The van der Waals surface area contributed by atoms with E-state index in [2.05, 4.69) is 5.32 Å². The maximum Gasteiger partial charge on any atom is 0.261 e. The lowest BCUT2D eigenvalue weighted by Gasteiger charge is -2.02. The predicted molar refractivity (Wildman–Crippen MR) is 87.8 cm³/mol. The van der Waals surface area contributed by atoms with Gasteiger partial charge in [-0.05, 0) is 17.5 Å². The van der Waals surface area contributed by atoms with Gasteiger partial charge < -0.3 is 5.32 Å². The van der Waals surface area contributed by atoms with E-state index < -0.39 is 0 Å². The van der Waals surface area contributed by atoms with Crippen molar-refractivity contribution in [2.45, 2.75) is 0 Å². The number of hydrogen-bond donors (Lipinski definition) is 1. The summed E-state index contributed by atoms with van der Waals surface area (Å²) in [6.07, 6.45) is 0. The Morgan fingerprint density at radius 2 is 1.95 bits per heavy atom. The van der Waals surface area contributed by atoms with Crippen molar-refractivity contribution in [3.8, 4) is 0 Å². The average Bonchev–Trinajstić information content (AvgIpc) is 3.13. The second-order valence-electron chi connectivity index (χ2n) is 4.32. The van der Waals surface area contributed by atoms with E-state index in [0.717, 1.165) is 10.1 Å². The maximum absolute atomic E-state index is 12.2. The van der Waals surface area contributed by atoms with Crippen molar-refractivity contribution in [2.24, 2.45) is 0 Å². The second kappa shape index (κ2) is 5.97. The van der Waals surface area contributed by atoms with Gasteiger partial charge in [0.25, 0.3) is 5.91 Å². The van der Waals surface area contributed by atoms with Crippen LogP contribution in [0.1, 0.15) is 19.3 Å². The summed E-state index contributed by atoms with van der Waals surface area (Å²) in [6, 6.07) is 11.1. The molecule has 0 spiro atoms. The molecule has 2 heterocycles. The molecule has 1 aromatic carbocycles. The van der Waals surface area contributed by atoms with Gasteiger partial charge in [0.1, 0.15) is 0 Å². The van der Waals surface area contributed by atoms with Gasteiger partial charge in [-0.2, -0.15) is 0 Å². The quantitative estimate of drug-likeness (QED) is 0.725. The summed E-state index contributed by atoms with van der Waals surface area (Å²) in [5.41, 5.74) is 0. The molecule has 0 bridgehead atoms. The van der Waals surface area contributed by atoms with Gasteiger partial charge in [-0.15, -0.1) is 22.7 Å². The highest BCUT2D eigenvalue weighted by atomic mass is 35.5. The first-order chi connectivity index (χ1) is 10.2. The molecule has 2 aromatic heterocycles. The minimum atomic E-state index is -0.240. The Kier molecular flexibility index (Phi) is 4.05. The average molecular weight is 336 g/mol. The zero-order valence-corrected chi connectivity index (χ0v) is 13.1. The van der Waals surface area contributed by atoms with Gasteiger partial charge in [-0.1, -0.05) is 35.9 Å². The highest BCUT2D eigenvalue weighted by Crippen LogP contribution is 2.35. The fraction of sp³-hybridized carbons (Fsp3) is 0.0667. The largest absolute Gasteiger partial charge is 0.344 e. The molecule has 0 saturated heterocycles. The number of hydrogen-bond acceptors (Lipinski definition) is 4. The van der Waals surface area contributed by atoms with Gasteiger partial charge in [0.15, 0.2) is 5.78 Å². The summed E-state index contributed by atoms with van der Waals surface area (Å²) in [7, 11) is 0. The van der Waals surface area contributed by atoms with Crippen LogP contribution in [0.25, 0.3) is 10.1 Å². The predicted octanol–water partition coefficient (Wildman–Crippen LogP) is 4.23. The molecule has 0 saturated carbocycles. The third-order valence-electron chi connectivity index (χ3n) is 2.94. The second-order valence-corrected chi connectivity index (χ2v) is 6.70. The van der Waals surface area contributed by atoms with Gasteiger partial charge in [0.2, 0.25) is 0 Å². The molecule has 3 nitrogen and oxygen atoms in total. The van der Waals surface area contributed by atoms with Gasteiger partial charge in [-0.3, -0.25) is 9.59 Å². The molecule has 0 unspecified atom stereocenters. The van der Waals surface area contributed by atoms with Crippen LogP contribution < -0.4 is 5.32 Å². The maximum atomic E-state index is 12.2. The first-order valence-electron chi connectivity index (χ1n) is 6.19. The molecule has 0 aliphatic heterocycles. The molecular weight excluding hydrogens is 326 g/mol. The van der Waals surface area contributed by atoms with E-state index >= 15 is 0 Å². The first kappa shape index (κ1) is 14.3. The van der Waals surface area contributed by atoms with Crippen LogP contribution in [0.15, 0.2) is 41.8 Å². The van der Waals surface area contributed by atoms with Crippen molar-refractivity contribution in [2.75, 3.05) is 6.54 Å². The van der Waals surface area contributed by atoms with Crippen LogP contribution in [0.4, 0.5) is 0 Å². The lowest BCUT2D eigenvalue weighted by Crippen LogP contribution is -2.28. The Balaban J connectivity index is 1.75. The Morgan fingerprint density at radius 1 is 1.14 bits per heavy atom. The van der Waals surface area contributed by atoms with Crippen molar-refractivity contribution in [1.29, 1.82) is 0 Å². The molecule has 3 rings (SSSR count). The minimum absolute atomic E-state index is 0.0523. The minimum Gasteiger partial charge on any atom is -0.344 e. The fourth-order valence-electron chi connectivity index (χ4n) is 1.93. The normalized spacial score (nSPS) is 10.7. The van der Waals surface area contributed by atoms with Crippen LogP contribution in [0.3, 0.4) is 0 Å². The van der Waals surface area contributed by atoms with Crippen molar-refractivity contribution >= 4 is 56.1 Å². The third-order valence-corrected chi connectivity index (χ3v) is 5.53. The molecule has 0 atom stereocenters. The van der Waals surface area contributed by atoms with Crippen LogP contribution >= 0.6 is 34.3 Å². The number of thiophene rings is 2. The number of amides is 1. The zero-order valence-electron chi connectivity index (χ0n) is 10.8.